The van der Waals surface area contributed by atoms with Crippen LogP contribution in [-0.4, -0.2) is 24.2 Å². The summed E-state index contributed by atoms with van der Waals surface area (Å²) in [7, 11) is 0. The van der Waals surface area contributed by atoms with Gasteiger partial charge in [-0.05, 0) is 42.9 Å². The van der Waals surface area contributed by atoms with Crippen LogP contribution in [0, 0.1) is 11.8 Å². The maximum atomic E-state index is 12.1. The highest BCUT2D eigenvalue weighted by Crippen LogP contribution is 2.30. The molecule has 2 unspecified atom stereocenters. The number of halogens is 2. The van der Waals surface area contributed by atoms with Crippen LogP contribution in [0.1, 0.15) is 29.6 Å². The Morgan fingerprint density at radius 2 is 2.16 bits per heavy atom. The first-order valence-electron chi connectivity index (χ1n) is 6.46. The van der Waals surface area contributed by atoms with Crippen molar-refractivity contribution >= 4 is 33.4 Å². The van der Waals surface area contributed by atoms with Gasteiger partial charge in [-0.1, -0.05) is 34.0 Å². The molecule has 19 heavy (non-hydrogen) atoms. The van der Waals surface area contributed by atoms with Crippen LogP contribution in [-0.2, 0) is 0 Å². The molecular weight excluding hydrogens is 330 g/mol. The Morgan fingerprint density at radius 3 is 2.84 bits per heavy atom. The van der Waals surface area contributed by atoms with E-state index in [0.29, 0.717) is 29.0 Å². The lowest BCUT2D eigenvalue weighted by molar-refractivity contribution is 0.0938. The number of nitrogens with one attached hydrogen (secondary N) is 1. The van der Waals surface area contributed by atoms with Crippen LogP contribution in [0.2, 0.25) is 5.02 Å². The van der Waals surface area contributed by atoms with Crippen molar-refractivity contribution in [1.29, 1.82) is 0 Å². The van der Waals surface area contributed by atoms with Gasteiger partial charge in [-0.2, -0.15) is 0 Å². The van der Waals surface area contributed by atoms with E-state index in [4.69, 9.17) is 11.6 Å². The predicted molar refractivity (Wildman–Crippen MR) is 79.4 cm³/mol. The third-order valence-electron chi connectivity index (χ3n) is 3.75. The van der Waals surface area contributed by atoms with E-state index in [1.165, 1.54) is 0 Å². The largest absolute Gasteiger partial charge is 0.396 e. The van der Waals surface area contributed by atoms with Crippen molar-refractivity contribution in [3.63, 3.8) is 0 Å². The van der Waals surface area contributed by atoms with Gasteiger partial charge in [0.05, 0.1) is 10.6 Å². The lowest BCUT2D eigenvalue weighted by atomic mass is 9.97. The van der Waals surface area contributed by atoms with Gasteiger partial charge >= 0.3 is 0 Å². The van der Waals surface area contributed by atoms with Crippen LogP contribution in [0.15, 0.2) is 22.7 Å². The molecule has 5 heteroatoms. The molecule has 1 aliphatic carbocycles. The molecule has 1 saturated carbocycles. The van der Waals surface area contributed by atoms with Crippen molar-refractivity contribution in [2.75, 3.05) is 13.2 Å². The minimum absolute atomic E-state index is 0.152. The maximum absolute atomic E-state index is 12.1. The second-order valence-corrected chi connectivity index (χ2v) is 6.29. The van der Waals surface area contributed by atoms with Gasteiger partial charge in [-0.25, -0.2) is 0 Å². The van der Waals surface area contributed by atoms with Gasteiger partial charge in [0.1, 0.15) is 0 Å². The van der Waals surface area contributed by atoms with Gasteiger partial charge < -0.3 is 10.4 Å². The smallest absolute Gasteiger partial charge is 0.252 e. The van der Waals surface area contributed by atoms with E-state index in [2.05, 4.69) is 21.2 Å². The molecule has 1 aliphatic rings. The molecule has 3 nitrogen and oxygen atoms in total. The number of aliphatic hydroxyl groups is 1. The van der Waals surface area contributed by atoms with Crippen molar-refractivity contribution in [3.8, 4) is 0 Å². The van der Waals surface area contributed by atoms with Crippen molar-refractivity contribution in [2.24, 2.45) is 11.8 Å². The highest BCUT2D eigenvalue weighted by Gasteiger charge is 2.26. The van der Waals surface area contributed by atoms with Crippen LogP contribution in [0.4, 0.5) is 0 Å². The molecule has 1 aromatic rings. The molecular formula is C14H17BrClNO2. The van der Waals surface area contributed by atoms with Gasteiger partial charge in [0.2, 0.25) is 0 Å². The summed E-state index contributed by atoms with van der Waals surface area (Å²) in [5, 5.41) is 12.6. The van der Waals surface area contributed by atoms with E-state index in [1.807, 2.05) is 0 Å². The van der Waals surface area contributed by atoms with Crippen molar-refractivity contribution in [1.82, 2.24) is 5.32 Å². The molecule has 0 radical (unpaired) electrons. The zero-order valence-corrected chi connectivity index (χ0v) is 12.9. The molecule has 1 aromatic carbocycles. The van der Waals surface area contributed by atoms with Crippen LogP contribution < -0.4 is 5.32 Å². The quantitative estimate of drug-likeness (QED) is 0.879. The van der Waals surface area contributed by atoms with Gasteiger partial charge in [-0.3, -0.25) is 4.79 Å². The molecule has 104 valence electrons. The zero-order chi connectivity index (χ0) is 13.8. The highest BCUT2D eigenvalue weighted by molar-refractivity contribution is 9.10. The third kappa shape index (κ3) is 3.71. The molecule has 1 fully saturated rings. The summed E-state index contributed by atoms with van der Waals surface area (Å²) >= 11 is 9.36. The van der Waals surface area contributed by atoms with E-state index >= 15 is 0 Å². The molecule has 2 atom stereocenters. The number of benzene rings is 1. The SMILES string of the molecule is O=C(NCC1CCCC1CO)c1ccc(Br)cc1Cl. The normalized spacial score (nSPS) is 22.5. The van der Waals surface area contributed by atoms with Gasteiger partial charge in [0.25, 0.3) is 5.91 Å². The van der Waals surface area contributed by atoms with E-state index in [-0.39, 0.29) is 12.5 Å². The van der Waals surface area contributed by atoms with Crippen LogP contribution in [0.3, 0.4) is 0 Å². The van der Waals surface area contributed by atoms with Crippen molar-refractivity contribution < 1.29 is 9.90 Å². The Morgan fingerprint density at radius 1 is 1.42 bits per heavy atom. The monoisotopic (exact) mass is 345 g/mol. The first-order chi connectivity index (χ1) is 9.11. The van der Waals surface area contributed by atoms with Gasteiger partial charge in [0, 0.05) is 17.6 Å². The molecule has 0 saturated heterocycles. The molecule has 2 rings (SSSR count). The number of amides is 1. The predicted octanol–water partition coefficient (Wildman–Crippen LogP) is 3.24. The van der Waals surface area contributed by atoms with E-state index in [9.17, 15) is 9.90 Å². The topological polar surface area (TPSA) is 49.3 Å². The second kappa shape index (κ2) is 6.73. The second-order valence-electron chi connectivity index (χ2n) is 4.97. The Hall–Kier alpha value is -0.580. The molecule has 0 aromatic heterocycles. The molecule has 0 spiro atoms. The lowest BCUT2D eigenvalue weighted by Gasteiger charge is -2.18. The lowest BCUT2D eigenvalue weighted by Crippen LogP contribution is -2.31. The van der Waals surface area contributed by atoms with Gasteiger partial charge in [-0.15, -0.1) is 0 Å². The highest BCUT2D eigenvalue weighted by atomic mass is 79.9. The molecule has 1 amide bonds. The summed E-state index contributed by atoms with van der Waals surface area (Å²) in [5.74, 6) is 0.546. The average Bonchev–Trinajstić information content (AvgIpc) is 2.83. The van der Waals surface area contributed by atoms with Crippen LogP contribution in [0.5, 0.6) is 0 Å². The standard InChI is InChI=1S/C14H17BrClNO2/c15-11-4-5-12(13(16)6-11)14(19)17-7-9-2-1-3-10(9)8-18/h4-6,9-10,18H,1-3,7-8H2,(H,17,19). The average molecular weight is 347 g/mol. The molecule has 0 heterocycles. The minimum atomic E-state index is -0.152. The fourth-order valence-electron chi connectivity index (χ4n) is 2.62. The summed E-state index contributed by atoms with van der Waals surface area (Å²) < 4.78 is 0.852. The Balaban J connectivity index is 1.94. The maximum Gasteiger partial charge on any atom is 0.252 e. The number of hydrogen-bond acceptors (Lipinski definition) is 2. The zero-order valence-electron chi connectivity index (χ0n) is 10.5. The Kier molecular flexibility index (Phi) is 5.25. The van der Waals surface area contributed by atoms with Crippen LogP contribution in [0.25, 0.3) is 0 Å². The summed E-state index contributed by atoms with van der Waals surface area (Å²) in [5.41, 5.74) is 0.489. The number of aliphatic hydroxyl groups excluding tert-OH is 1. The Labute approximate surface area is 126 Å². The first-order valence-corrected chi connectivity index (χ1v) is 7.63. The van der Waals surface area contributed by atoms with Gasteiger partial charge in [0.15, 0.2) is 0 Å². The van der Waals surface area contributed by atoms with Crippen LogP contribution >= 0.6 is 27.5 Å². The third-order valence-corrected chi connectivity index (χ3v) is 4.56. The first kappa shape index (κ1) is 14.8. The number of carbonyl (C=O) groups excluding carboxylic acids is 1. The fraction of sp³-hybridized carbons (Fsp3) is 0.500. The number of carbonyl (C=O) groups is 1. The minimum Gasteiger partial charge on any atom is -0.396 e. The Bertz CT molecular complexity index is 467. The number of hydrogen-bond donors (Lipinski definition) is 2. The van der Waals surface area contributed by atoms with E-state index < -0.39 is 0 Å². The molecule has 0 bridgehead atoms. The summed E-state index contributed by atoms with van der Waals surface area (Å²) in [6.07, 6.45) is 3.25. The molecule has 0 aliphatic heterocycles. The summed E-state index contributed by atoms with van der Waals surface area (Å²) in [4.78, 5) is 12.1. The fourth-order valence-corrected chi connectivity index (χ4v) is 3.37. The summed E-state index contributed by atoms with van der Waals surface area (Å²) in [6, 6.07) is 5.22. The van der Waals surface area contributed by atoms with E-state index in [1.54, 1.807) is 18.2 Å². The molecule has 2 N–H and O–H groups in total. The van der Waals surface area contributed by atoms with Crippen molar-refractivity contribution in [2.45, 2.75) is 19.3 Å². The summed E-state index contributed by atoms with van der Waals surface area (Å²) in [6.45, 7) is 0.816. The van der Waals surface area contributed by atoms with Crippen molar-refractivity contribution in [3.05, 3.63) is 33.3 Å². The van der Waals surface area contributed by atoms with E-state index in [0.717, 1.165) is 23.7 Å². The number of rotatable bonds is 4.